The number of amides is 1. The summed E-state index contributed by atoms with van der Waals surface area (Å²) in [6, 6.07) is 0. The summed E-state index contributed by atoms with van der Waals surface area (Å²) in [6.45, 7) is 17.0. The molecule has 2 atom stereocenters. The van der Waals surface area contributed by atoms with Gasteiger partial charge in [0.2, 0.25) is 0 Å². The Kier molecular flexibility index (Phi) is 42.9. The number of likely N-dealkylation sites (tertiary alicyclic amines) is 2. The summed E-state index contributed by atoms with van der Waals surface area (Å²) >= 11 is 1.36. The van der Waals surface area contributed by atoms with Crippen LogP contribution >= 0.6 is 11.8 Å². The molecule has 2 fully saturated rings. The molecule has 73 heavy (non-hydrogen) atoms. The average Bonchev–Trinajstić information content (AvgIpc) is 3.39. The van der Waals surface area contributed by atoms with Crippen LogP contribution in [-0.2, 0) is 38.1 Å². The summed E-state index contributed by atoms with van der Waals surface area (Å²) in [5.74, 6) is 1.62. The maximum atomic E-state index is 12.6. The Hall–Kier alpha value is -2.38. The molecule has 1 amide bonds. The molecule has 2 aliphatic rings. The molecule has 0 spiro atoms. The van der Waals surface area contributed by atoms with E-state index in [9.17, 15) is 24.0 Å². The van der Waals surface area contributed by atoms with E-state index in [1.165, 1.54) is 140 Å². The van der Waals surface area contributed by atoms with Gasteiger partial charge < -0.3 is 34.1 Å². The van der Waals surface area contributed by atoms with Gasteiger partial charge in [0.15, 0.2) is 0 Å². The predicted molar refractivity (Wildman–Crippen MR) is 301 cm³/mol. The first-order chi connectivity index (χ1) is 35.6. The largest absolute Gasteiger partial charge is 0.466 e. The van der Waals surface area contributed by atoms with Gasteiger partial charge in [0.25, 0.3) is 5.24 Å². The molecule has 426 valence electrons. The van der Waals surface area contributed by atoms with Crippen LogP contribution in [0.15, 0.2) is 0 Å². The zero-order valence-corrected chi connectivity index (χ0v) is 48.3. The first kappa shape index (κ1) is 66.7. The lowest BCUT2D eigenvalue weighted by molar-refractivity contribution is -0.151. The SMILES string of the molecule is CCCCCCCCC(CCCCCC)COC(=O)CCCC(=O)OCCC1CCN(CCSC(=O)NCCN2CCC(CCOC(=O)CCC(=O)OCC(CCCCCC)CCCCCCCC)CC2)CC1. The summed E-state index contributed by atoms with van der Waals surface area (Å²) in [5, 5.41) is 3.12. The number of esters is 4. The molecule has 2 aliphatic heterocycles. The molecule has 13 heteroatoms. The third-order valence-electron chi connectivity index (χ3n) is 15.4. The molecule has 1 N–H and O–H groups in total. The fourth-order valence-electron chi connectivity index (χ4n) is 10.4. The van der Waals surface area contributed by atoms with Gasteiger partial charge in [-0.3, -0.25) is 24.0 Å². The van der Waals surface area contributed by atoms with Crippen LogP contribution in [0.25, 0.3) is 0 Å². The van der Waals surface area contributed by atoms with E-state index in [0.717, 1.165) is 109 Å². The molecule has 2 rings (SSSR count). The molecule has 0 aromatic rings. The smallest absolute Gasteiger partial charge is 0.306 e. The summed E-state index contributed by atoms with van der Waals surface area (Å²) in [4.78, 5) is 67.3. The highest BCUT2D eigenvalue weighted by molar-refractivity contribution is 8.13. The van der Waals surface area contributed by atoms with E-state index < -0.39 is 0 Å². The van der Waals surface area contributed by atoms with Gasteiger partial charge >= 0.3 is 23.9 Å². The van der Waals surface area contributed by atoms with Crippen LogP contribution in [0.1, 0.15) is 252 Å². The van der Waals surface area contributed by atoms with Gasteiger partial charge in [0.1, 0.15) is 0 Å². The van der Waals surface area contributed by atoms with Gasteiger partial charge in [0.05, 0.1) is 39.3 Å². The van der Waals surface area contributed by atoms with Crippen molar-refractivity contribution in [3.8, 4) is 0 Å². The molecule has 0 aliphatic carbocycles. The number of hydrogen-bond acceptors (Lipinski definition) is 12. The molecule has 0 aromatic carbocycles. The number of carbonyl (C=O) groups excluding carboxylic acids is 5. The second-order valence-electron chi connectivity index (χ2n) is 21.9. The van der Waals surface area contributed by atoms with Crippen molar-refractivity contribution >= 4 is 40.9 Å². The number of unbranched alkanes of at least 4 members (excludes halogenated alkanes) is 16. The van der Waals surface area contributed by atoms with Crippen LogP contribution in [0.3, 0.4) is 0 Å². The van der Waals surface area contributed by atoms with Crippen molar-refractivity contribution in [1.29, 1.82) is 0 Å². The maximum Gasteiger partial charge on any atom is 0.306 e. The molecule has 12 nitrogen and oxygen atoms in total. The van der Waals surface area contributed by atoms with Gasteiger partial charge in [-0.25, -0.2) is 0 Å². The van der Waals surface area contributed by atoms with Crippen molar-refractivity contribution in [2.24, 2.45) is 23.7 Å². The van der Waals surface area contributed by atoms with Crippen molar-refractivity contribution < 1.29 is 42.9 Å². The number of hydrogen-bond donors (Lipinski definition) is 1. The predicted octanol–water partition coefficient (Wildman–Crippen LogP) is 14.4. The Morgan fingerprint density at radius 2 is 0.808 bits per heavy atom. The van der Waals surface area contributed by atoms with E-state index in [0.29, 0.717) is 63.1 Å². The zero-order chi connectivity index (χ0) is 52.8. The number of nitrogens with zero attached hydrogens (tertiary/aromatic N) is 2. The average molecular weight is 1050 g/mol. The topological polar surface area (TPSA) is 141 Å². The highest BCUT2D eigenvalue weighted by atomic mass is 32.2. The molecule has 2 saturated heterocycles. The number of ether oxygens (including phenoxy) is 4. The highest BCUT2D eigenvalue weighted by Gasteiger charge is 2.22. The Morgan fingerprint density at radius 1 is 0.452 bits per heavy atom. The molecule has 0 saturated carbocycles. The van der Waals surface area contributed by atoms with Gasteiger partial charge in [0, 0.05) is 38.2 Å². The minimum atomic E-state index is -0.322. The maximum absolute atomic E-state index is 12.6. The van der Waals surface area contributed by atoms with Crippen molar-refractivity contribution in [2.75, 3.05) is 78.0 Å². The van der Waals surface area contributed by atoms with Crippen molar-refractivity contribution in [2.45, 2.75) is 252 Å². The molecule has 0 aromatic heterocycles. The number of piperidine rings is 2. The second-order valence-corrected chi connectivity index (χ2v) is 23.0. The van der Waals surface area contributed by atoms with E-state index in [1.54, 1.807) is 0 Å². The van der Waals surface area contributed by atoms with Crippen molar-refractivity contribution in [3.05, 3.63) is 0 Å². The summed E-state index contributed by atoms with van der Waals surface area (Å²) in [5.41, 5.74) is 0. The Balaban J connectivity index is 1.45. The van der Waals surface area contributed by atoms with E-state index in [2.05, 4.69) is 42.8 Å². The third-order valence-corrected chi connectivity index (χ3v) is 16.2. The lowest BCUT2D eigenvalue weighted by atomic mass is 9.94. The van der Waals surface area contributed by atoms with Crippen LogP contribution < -0.4 is 5.32 Å². The standard InChI is InChI=1S/C60H111N3O9S/c1-5-9-13-17-19-23-28-54(26-21-15-11-7-3)50-71-57(65)31-25-30-56(64)69-47-38-53-36-43-63(44-37-53)46-49-73-60(68)61-40-45-62-41-34-52(35-42-62)39-48-70-58(66)32-33-59(67)72-51-55(27-22-16-12-8-4)29-24-20-18-14-10-6-2/h52-55H,5-51H2,1-4H3,(H,61,68). The Bertz CT molecular complexity index is 1370. The van der Waals surface area contributed by atoms with Crippen LogP contribution in [0.4, 0.5) is 4.79 Å². The monoisotopic (exact) mass is 1050 g/mol. The van der Waals surface area contributed by atoms with E-state index in [4.69, 9.17) is 18.9 Å². The molecular formula is C60H111N3O9S. The number of rotatable bonds is 47. The lowest BCUT2D eigenvalue weighted by Crippen LogP contribution is -2.39. The van der Waals surface area contributed by atoms with Crippen LogP contribution in [-0.4, -0.2) is 117 Å². The van der Waals surface area contributed by atoms with Crippen LogP contribution in [0.5, 0.6) is 0 Å². The lowest BCUT2D eigenvalue weighted by Gasteiger charge is -2.32. The van der Waals surface area contributed by atoms with Gasteiger partial charge in [-0.1, -0.05) is 168 Å². The second kappa shape index (κ2) is 46.9. The van der Waals surface area contributed by atoms with Gasteiger partial charge in [-0.05, 0) is 120 Å². The quantitative estimate of drug-likeness (QED) is 0.0352. The van der Waals surface area contributed by atoms with Gasteiger partial charge in [-0.2, -0.15) is 0 Å². The number of nitrogens with one attached hydrogen (secondary N) is 1. The molecular weight excluding hydrogens is 939 g/mol. The van der Waals surface area contributed by atoms with Gasteiger partial charge in [-0.15, -0.1) is 0 Å². The van der Waals surface area contributed by atoms with Crippen molar-refractivity contribution in [3.63, 3.8) is 0 Å². The van der Waals surface area contributed by atoms with E-state index >= 15 is 0 Å². The van der Waals surface area contributed by atoms with Crippen LogP contribution in [0, 0.1) is 23.7 Å². The Labute approximate surface area is 451 Å². The summed E-state index contributed by atoms with van der Waals surface area (Å²) < 4.78 is 22.4. The molecule has 2 unspecified atom stereocenters. The van der Waals surface area contributed by atoms with E-state index in [-0.39, 0.29) is 54.8 Å². The minimum absolute atomic E-state index is 0.0321. The first-order valence-electron chi connectivity index (χ1n) is 30.6. The minimum Gasteiger partial charge on any atom is -0.466 e. The van der Waals surface area contributed by atoms with E-state index in [1.807, 2.05) is 0 Å². The summed E-state index contributed by atoms with van der Waals surface area (Å²) in [6.07, 6.45) is 36.7. The van der Waals surface area contributed by atoms with Crippen LogP contribution in [0.2, 0.25) is 0 Å². The summed E-state index contributed by atoms with van der Waals surface area (Å²) in [7, 11) is 0. The molecule has 2 heterocycles. The highest BCUT2D eigenvalue weighted by Crippen LogP contribution is 2.24. The number of thioether (sulfide) groups is 1. The zero-order valence-electron chi connectivity index (χ0n) is 47.5. The van der Waals surface area contributed by atoms with Crippen molar-refractivity contribution in [1.82, 2.24) is 15.1 Å². The Morgan fingerprint density at radius 3 is 1.25 bits per heavy atom. The molecule has 0 radical (unpaired) electrons. The number of carbonyl (C=O) groups is 5. The first-order valence-corrected chi connectivity index (χ1v) is 31.6. The fourth-order valence-corrected chi connectivity index (χ4v) is 11.1. The molecule has 0 bridgehead atoms. The normalized spacial score (nSPS) is 15.7. The third kappa shape index (κ3) is 38.8. The fraction of sp³-hybridized carbons (Fsp3) is 0.917.